The van der Waals surface area contributed by atoms with Gasteiger partial charge < -0.3 is 21.1 Å². The second-order valence-electron chi connectivity index (χ2n) is 6.01. The lowest BCUT2D eigenvalue weighted by atomic mass is 10.1. The summed E-state index contributed by atoms with van der Waals surface area (Å²) in [5, 5.41) is 5.46. The number of ether oxygens (including phenoxy) is 1. The van der Waals surface area contributed by atoms with Crippen LogP contribution in [0.25, 0.3) is 0 Å². The van der Waals surface area contributed by atoms with Gasteiger partial charge >= 0.3 is 0 Å². The molecule has 0 heterocycles. The number of hydrogen-bond donors (Lipinski definition) is 3. The summed E-state index contributed by atoms with van der Waals surface area (Å²) in [5.74, 6) is 0.289. The van der Waals surface area contributed by atoms with E-state index >= 15 is 0 Å². The maximum absolute atomic E-state index is 12.2. The first kappa shape index (κ1) is 19.5. The van der Waals surface area contributed by atoms with Crippen molar-refractivity contribution in [3.63, 3.8) is 0 Å². The summed E-state index contributed by atoms with van der Waals surface area (Å²) < 4.78 is 5.68. The number of rotatable bonds is 8. The number of benzene rings is 2. The summed E-state index contributed by atoms with van der Waals surface area (Å²) in [7, 11) is 0. The molecule has 0 aliphatic carbocycles. The number of para-hydroxylation sites is 1. The summed E-state index contributed by atoms with van der Waals surface area (Å²) in [6, 6.07) is 12.8. The van der Waals surface area contributed by atoms with Gasteiger partial charge in [-0.25, -0.2) is 0 Å². The Labute approximate surface area is 153 Å². The Balaban J connectivity index is 1.90. The largest absolute Gasteiger partial charge is 0.493 e. The van der Waals surface area contributed by atoms with Crippen molar-refractivity contribution in [1.82, 2.24) is 5.32 Å². The van der Waals surface area contributed by atoms with Crippen LogP contribution in [-0.4, -0.2) is 31.5 Å². The molecule has 0 saturated heterocycles. The molecule has 2 aromatic rings. The maximum atomic E-state index is 12.2. The first-order chi connectivity index (χ1) is 12.5. The normalized spacial score (nSPS) is 10.3. The zero-order valence-electron chi connectivity index (χ0n) is 15.2. The van der Waals surface area contributed by atoms with E-state index in [-0.39, 0.29) is 24.8 Å². The molecule has 0 spiro atoms. The third-order valence-corrected chi connectivity index (χ3v) is 3.79. The molecule has 2 rings (SSSR count). The van der Waals surface area contributed by atoms with E-state index in [1.807, 2.05) is 32.0 Å². The molecule has 0 saturated carbocycles. The molecule has 0 unspecified atom stereocenters. The van der Waals surface area contributed by atoms with E-state index in [4.69, 9.17) is 10.5 Å². The Hall–Kier alpha value is -2.86. The van der Waals surface area contributed by atoms with Gasteiger partial charge in [-0.2, -0.15) is 0 Å². The number of aryl methyl sites for hydroxylation is 2. The Kier molecular flexibility index (Phi) is 7.17. The lowest BCUT2D eigenvalue weighted by molar-refractivity contribution is -0.116. The minimum Gasteiger partial charge on any atom is -0.493 e. The van der Waals surface area contributed by atoms with Gasteiger partial charge in [0.1, 0.15) is 5.75 Å². The van der Waals surface area contributed by atoms with Crippen molar-refractivity contribution in [3.8, 4) is 5.75 Å². The van der Waals surface area contributed by atoms with Gasteiger partial charge in [-0.3, -0.25) is 9.59 Å². The van der Waals surface area contributed by atoms with Crippen LogP contribution < -0.4 is 21.1 Å². The highest BCUT2D eigenvalue weighted by molar-refractivity contribution is 6.03. The quantitative estimate of drug-likeness (QED) is 0.678. The molecule has 6 nitrogen and oxygen atoms in total. The summed E-state index contributed by atoms with van der Waals surface area (Å²) in [6.45, 7) is 4.99. The number of carbonyl (C=O) groups excluding carboxylic acids is 2. The van der Waals surface area contributed by atoms with E-state index in [9.17, 15) is 9.59 Å². The van der Waals surface area contributed by atoms with Crippen LogP contribution in [0.1, 0.15) is 27.9 Å². The first-order valence-corrected chi connectivity index (χ1v) is 8.58. The number of anilines is 1. The molecule has 0 fully saturated rings. The van der Waals surface area contributed by atoms with E-state index in [0.717, 1.165) is 16.9 Å². The van der Waals surface area contributed by atoms with Crippen molar-refractivity contribution in [3.05, 3.63) is 59.2 Å². The number of amides is 2. The van der Waals surface area contributed by atoms with Gasteiger partial charge in [0, 0.05) is 13.1 Å². The zero-order valence-corrected chi connectivity index (χ0v) is 15.2. The van der Waals surface area contributed by atoms with Gasteiger partial charge in [-0.15, -0.1) is 0 Å². The minimum atomic E-state index is -0.266. The first-order valence-electron chi connectivity index (χ1n) is 8.58. The van der Waals surface area contributed by atoms with Crippen molar-refractivity contribution < 1.29 is 14.3 Å². The fourth-order valence-corrected chi connectivity index (χ4v) is 2.50. The van der Waals surface area contributed by atoms with Gasteiger partial charge in [0.2, 0.25) is 5.91 Å². The number of nitrogens with one attached hydrogen (secondary N) is 2. The maximum Gasteiger partial charge on any atom is 0.253 e. The van der Waals surface area contributed by atoms with E-state index in [1.54, 1.807) is 24.3 Å². The summed E-state index contributed by atoms with van der Waals surface area (Å²) >= 11 is 0. The molecule has 2 amide bonds. The van der Waals surface area contributed by atoms with Gasteiger partial charge in [-0.05, 0) is 37.6 Å². The minimum absolute atomic E-state index is 0.187. The van der Waals surface area contributed by atoms with Gasteiger partial charge in [0.15, 0.2) is 0 Å². The Morgan fingerprint density at radius 3 is 2.62 bits per heavy atom. The lowest BCUT2D eigenvalue weighted by Gasteiger charge is -2.12. The third kappa shape index (κ3) is 5.60. The second-order valence-corrected chi connectivity index (χ2v) is 6.01. The average Bonchev–Trinajstić information content (AvgIpc) is 2.62. The molecule has 0 aromatic heterocycles. The molecule has 0 aliphatic rings. The van der Waals surface area contributed by atoms with Crippen LogP contribution in [0.5, 0.6) is 5.75 Å². The van der Waals surface area contributed by atoms with Crippen LogP contribution in [0.4, 0.5) is 5.69 Å². The van der Waals surface area contributed by atoms with Gasteiger partial charge in [0.05, 0.1) is 24.3 Å². The monoisotopic (exact) mass is 355 g/mol. The van der Waals surface area contributed by atoms with Gasteiger partial charge in [0.25, 0.3) is 5.91 Å². The van der Waals surface area contributed by atoms with E-state index in [0.29, 0.717) is 24.3 Å². The molecule has 6 heteroatoms. The van der Waals surface area contributed by atoms with E-state index in [1.165, 1.54) is 0 Å². The van der Waals surface area contributed by atoms with E-state index in [2.05, 4.69) is 10.6 Å². The van der Waals surface area contributed by atoms with Crippen LogP contribution >= 0.6 is 0 Å². The van der Waals surface area contributed by atoms with Crippen molar-refractivity contribution in [2.75, 3.05) is 25.0 Å². The highest BCUT2D eigenvalue weighted by atomic mass is 16.5. The Morgan fingerprint density at radius 1 is 1.12 bits per heavy atom. The summed E-state index contributed by atoms with van der Waals surface area (Å²) in [6.07, 6.45) is 0.187. The predicted octanol–water partition coefficient (Wildman–Crippen LogP) is 2.40. The van der Waals surface area contributed by atoms with Crippen LogP contribution in [0.3, 0.4) is 0 Å². The zero-order chi connectivity index (χ0) is 18.9. The lowest BCUT2D eigenvalue weighted by Crippen LogP contribution is -2.30. The summed E-state index contributed by atoms with van der Waals surface area (Å²) in [4.78, 5) is 24.3. The predicted molar refractivity (Wildman–Crippen MR) is 102 cm³/mol. The molecule has 138 valence electrons. The number of hydrogen-bond acceptors (Lipinski definition) is 4. The topological polar surface area (TPSA) is 93.4 Å². The highest BCUT2D eigenvalue weighted by Gasteiger charge is 2.12. The molecule has 0 radical (unpaired) electrons. The fraction of sp³-hybridized carbons (Fsp3) is 0.300. The Morgan fingerprint density at radius 2 is 1.88 bits per heavy atom. The second kappa shape index (κ2) is 9.58. The van der Waals surface area contributed by atoms with Crippen molar-refractivity contribution >= 4 is 17.5 Å². The molecule has 0 atom stereocenters. The molecular weight excluding hydrogens is 330 g/mol. The molecule has 2 aromatic carbocycles. The molecular formula is C20H25N3O3. The number of nitrogens with two attached hydrogens (primary N) is 1. The fourth-order valence-electron chi connectivity index (χ4n) is 2.50. The third-order valence-electron chi connectivity index (χ3n) is 3.79. The standard InChI is InChI=1S/C20H25N3O3/c1-14-7-8-18(15(2)13-14)26-12-9-19(24)23-17-6-4-3-5-16(17)20(25)22-11-10-21/h3-8,13H,9-12,21H2,1-2H3,(H,22,25)(H,23,24). The van der Waals surface area contributed by atoms with Crippen LogP contribution in [0, 0.1) is 13.8 Å². The smallest absolute Gasteiger partial charge is 0.253 e. The number of carbonyl (C=O) groups is 2. The van der Waals surface area contributed by atoms with Crippen LogP contribution in [-0.2, 0) is 4.79 Å². The van der Waals surface area contributed by atoms with Crippen molar-refractivity contribution in [1.29, 1.82) is 0 Å². The molecule has 0 bridgehead atoms. The molecule has 4 N–H and O–H groups in total. The SMILES string of the molecule is Cc1ccc(OCCC(=O)Nc2ccccc2C(=O)NCCN)c(C)c1. The average molecular weight is 355 g/mol. The highest BCUT2D eigenvalue weighted by Crippen LogP contribution is 2.19. The van der Waals surface area contributed by atoms with Crippen molar-refractivity contribution in [2.24, 2.45) is 5.73 Å². The van der Waals surface area contributed by atoms with Crippen LogP contribution in [0.2, 0.25) is 0 Å². The van der Waals surface area contributed by atoms with Crippen molar-refractivity contribution in [2.45, 2.75) is 20.3 Å². The van der Waals surface area contributed by atoms with E-state index < -0.39 is 0 Å². The van der Waals surface area contributed by atoms with Gasteiger partial charge in [-0.1, -0.05) is 29.8 Å². The van der Waals surface area contributed by atoms with Crippen LogP contribution in [0.15, 0.2) is 42.5 Å². The Bertz CT molecular complexity index is 775. The molecule has 26 heavy (non-hydrogen) atoms. The summed E-state index contributed by atoms with van der Waals surface area (Å²) in [5.41, 5.74) is 8.47. The molecule has 0 aliphatic heterocycles.